The van der Waals surface area contributed by atoms with Crippen molar-refractivity contribution in [2.24, 2.45) is 0 Å². The Morgan fingerprint density at radius 1 is 0.933 bits per heavy atom. The smallest absolute Gasteiger partial charge is 0.476 e. The van der Waals surface area contributed by atoms with Crippen molar-refractivity contribution >= 4 is 17.8 Å². The molecule has 1 atom stereocenters. The third-order valence-corrected chi connectivity index (χ3v) is 3.36. The zero-order valence-electron chi connectivity index (χ0n) is 14.6. The number of aromatic carboxylic acids is 1. The van der Waals surface area contributed by atoms with E-state index < -0.39 is 36.4 Å². The molecule has 0 radical (unpaired) electrons. The highest BCUT2D eigenvalue weighted by atomic mass is 19.4. The minimum Gasteiger partial charge on any atom is -0.476 e. The standard InChI is InChI=1S/C14H12F3N3O3.C2HF3O2/c15-14(16,17)13(23,9-4-2-1-3-5-9)8-20-11-7-18-10(6-19-11)12(21)22;3-2(4,5)1(6)7/h1-7,23H,8H2,(H,19,20)(H,21,22);(H,6,7). The number of anilines is 1. The molecule has 0 saturated carbocycles. The number of hydrogen-bond acceptors (Lipinski definition) is 6. The van der Waals surface area contributed by atoms with E-state index in [2.05, 4.69) is 15.3 Å². The van der Waals surface area contributed by atoms with Crippen LogP contribution < -0.4 is 5.32 Å². The molecule has 0 spiro atoms. The number of halogens is 6. The molecule has 2 aromatic rings. The Balaban J connectivity index is 0.000000553. The summed E-state index contributed by atoms with van der Waals surface area (Å²) in [6.07, 6.45) is -8.12. The fraction of sp³-hybridized carbons (Fsp3) is 0.250. The zero-order valence-corrected chi connectivity index (χ0v) is 14.6. The van der Waals surface area contributed by atoms with E-state index in [1.807, 2.05) is 0 Å². The molecule has 0 aliphatic rings. The number of rotatable bonds is 5. The van der Waals surface area contributed by atoms with Crippen LogP contribution in [0.4, 0.5) is 32.2 Å². The maximum Gasteiger partial charge on any atom is 0.490 e. The second-order valence-electron chi connectivity index (χ2n) is 5.47. The number of aromatic nitrogens is 2. The molecule has 2 rings (SSSR count). The van der Waals surface area contributed by atoms with Crippen LogP contribution in [0.25, 0.3) is 0 Å². The molecule has 0 amide bonds. The first-order valence-corrected chi connectivity index (χ1v) is 7.62. The third kappa shape index (κ3) is 6.58. The van der Waals surface area contributed by atoms with Crippen LogP contribution in [0.2, 0.25) is 0 Å². The molecule has 30 heavy (non-hydrogen) atoms. The Hall–Kier alpha value is -3.42. The van der Waals surface area contributed by atoms with Crippen molar-refractivity contribution in [3.63, 3.8) is 0 Å². The molecule has 0 bridgehead atoms. The zero-order chi connectivity index (χ0) is 23.2. The van der Waals surface area contributed by atoms with Gasteiger partial charge in [-0.25, -0.2) is 19.6 Å². The van der Waals surface area contributed by atoms with Crippen LogP contribution >= 0.6 is 0 Å². The summed E-state index contributed by atoms with van der Waals surface area (Å²) in [5.74, 6) is -4.15. The number of nitrogens with one attached hydrogen (secondary N) is 1. The molecule has 14 heteroatoms. The van der Waals surface area contributed by atoms with E-state index in [1.54, 1.807) is 0 Å². The Bertz CT molecular complexity index is 858. The fourth-order valence-corrected chi connectivity index (χ4v) is 1.83. The highest BCUT2D eigenvalue weighted by Crippen LogP contribution is 2.38. The maximum atomic E-state index is 13.3. The van der Waals surface area contributed by atoms with E-state index in [9.17, 15) is 36.2 Å². The van der Waals surface area contributed by atoms with Gasteiger partial charge in [0, 0.05) is 0 Å². The summed E-state index contributed by atoms with van der Waals surface area (Å²) in [4.78, 5) is 26.7. The van der Waals surface area contributed by atoms with E-state index in [0.29, 0.717) is 0 Å². The number of carbonyl (C=O) groups is 2. The van der Waals surface area contributed by atoms with Crippen molar-refractivity contribution in [3.8, 4) is 0 Å². The van der Waals surface area contributed by atoms with Gasteiger partial charge in [-0.2, -0.15) is 26.3 Å². The molecule has 0 aliphatic carbocycles. The van der Waals surface area contributed by atoms with Gasteiger partial charge in [-0.3, -0.25) is 0 Å². The van der Waals surface area contributed by atoms with Gasteiger partial charge in [-0.05, 0) is 5.56 Å². The number of carboxylic acid groups (broad SMARTS) is 2. The largest absolute Gasteiger partial charge is 0.490 e. The summed E-state index contributed by atoms with van der Waals surface area (Å²) in [6.45, 7) is -0.901. The van der Waals surface area contributed by atoms with Crippen LogP contribution in [-0.2, 0) is 10.4 Å². The highest BCUT2D eigenvalue weighted by Gasteiger charge is 2.54. The van der Waals surface area contributed by atoms with Crippen LogP contribution in [0.15, 0.2) is 42.7 Å². The Morgan fingerprint density at radius 2 is 1.47 bits per heavy atom. The van der Waals surface area contributed by atoms with Gasteiger partial charge in [-0.15, -0.1) is 0 Å². The number of aliphatic carboxylic acids is 1. The molecule has 0 aliphatic heterocycles. The number of hydrogen-bond donors (Lipinski definition) is 4. The lowest BCUT2D eigenvalue weighted by molar-refractivity contribution is -0.260. The first-order valence-electron chi connectivity index (χ1n) is 7.62. The molecular weight excluding hydrogens is 428 g/mol. The van der Waals surface area contributed by atoms with E-state index in [0.717, 1.165) is 24.5 Å². The Kier molecular flexibility index (Phi) is 7.70. The summed E-state index contributed by atoms with van der Waals surface area (Å²) in [6, 6.07) is 6.62. The van der Waals surface area contributed by atoms with E-state index in [1.165, 1.54) is 18.2 Å². The Labute approximate surface area is 163 Å². The van der Waals surface area contributed by atoms with Crippen molar-refractivity contribution in [1.82, 2.24) is 9.97 Å². The monoisotopic (exact) mass is 441 g/mol. The molecule has 1 unspecified atom stereocenters. The summed E-state index contributed by atoms with van der Waals surface area (Å²) in [5, 5.41) is 28.2. The average molecular weight is 441 g/mol. The van der Waals surface area contributed by atoms with E-state index in [-0.39, 0.29) is 17.1 Å². The van der Waals surface area contributed by atoms with Gasteiger partial charge < -0.3 is 20.6 Å². The predicted octanol–water partition coefficient (Wildman–Crippen LogP) is 2.67. The molecule has 1 heterocycles. The minimum atomic E-state index is -5.08. The lowest BCUT2D eigenvalue weighted by Crippen LogP contribution is -2.47. The number of alkyl halides is 6. The van der Waals surface area contributed by atoms with Crippen LogP contribution in [-0.4, -0.2) is 56.1 Å². The van der Waals surface area contributed by atoms with Gasteiger partial charge in [0.15, 0.2) is 5.69 Å². The lowest BCUT2D eigenvalue weighted by Gasteiger charge is -2.31. The van der Waals surface area contributed by atoms with Crippen molar-refractivity contribution in [1.29, 1.82) is 0 Å². The second kappa shape index (κ2) is 9.39. The first-order chi connectivity index (χ1) is 13.7. The molecule has 1 aromatic carbocycles. The number of nitrogens with zero attached hydrogens (tertiary/aromatic N) is 2. The van der Waals surface area contributed by atoms with Crippen LogP contribution in [0.5, 0.6) is 0 Å². The van der Waals surface area contributed by atoms with Crippen molar-refractivity contribution in [2.75, 3.05) is 11.9 Å². The molecule has 164 valence electrons. The molecule has 1 aromatic heterocycles. The van der Waals surface area contributed by atoms with Gasteiger partial charge in [0.05, 0.1) is 18.9 Å². The third-order valence-electron chi connectivity index (χ3n) is 3.36. The fourth-order valence-electron chi connectivity index (χ4n) is 1.83. The SMILES string of the molecule is O=C(O)C(F)(F)F.O=C(O)c1cnc(NCC(O)(c2ccccc2)C(F)(F)F)cn1. The molecule has 0 fully saturated rings. The average Bonchev–Trinajstić information content (AvgIpc) is 2.66. The van der Waals surface area contributed by atoms with Crippen LogP contribution in [0.1, 0.15) is 16.1 Å². The summed E-state index contributed by atoms with van der Waals surface area (Å²) in [7, 11) is 0. The number of aliphatic hydroxyl groups is 1. The van der Waals surface area contributed by atoms with E-state index in [4.69, 9.17) is 15.0 Å². The highest BCUT2D eigenvalue weighted by molar-refractivity contribution is 5.84. The first kappa shape index (κ1) is 24.6. The summed E-state index contributed by atoms with van der Waals surface area (Å²) >= 11 is 0. The quantitative estimate of drug-likeness (QED) is 0.521. The normalized spacial score (nSPS) is 13.4. The summed E-state index contributed by atoms with van der Waals surface area (Å²) < 4.78 is 71.5. The van der Waals surface area contributed by atoms with Gasteiger partial charge in [0.2, 0.25) is 5.60 Å². The van der Waals surface area contributed by atoms with Crippen molar-refractivity contribution in [3.05, 3.63) is 54.0 Å². The van der Waals surface area contributed by atoms with E-state index >= 15 is 0 Å². The van der Waals surface area contributed by atoms with Crippen molar-refractivity contribution in [2.45, 2.75) is 18.0 Å². The van der Waals surface area contributed by atoms with Crippen LogP contribution in [0.3, 0.4) is 0 Å². The van der Waals surface area contributed by atoms with Gasteiger partial charge in [-0.1, -0.05) is 30.3 Å². The van der Waals surface area contributed by atoms with Gasteiger partial charge in [0.25, 0.3) is 0 Å². The molecular formula is C16H13F6N3O5. The Morgan fingerprint density at radius 3 is 1.83 bits per heavy atom. The lowest BCUT2D eigenvalue weighted by atomic mass is 9.93. The minimum absolute atomic E-state index is 0.0893. The summed E-state index contributed by atoms with van der Waals surface area (Å²) in [5.41, 5.74) is -3.79. The predicted molar refractivity (Wildman–Crippen MR) is 87.6 cm³/mol. The molecule has 0 saturated heterocycles. The molecule has 4 N–H and O–H groups in total. The molecule has 8 nitrogen and oxygen atoms in total. The topological polar surface area (TPSA) is 133 Å². The second-order valence-corrected chi connectivity index (χ2v) is 5.47. The van der Waals surface area contributed by atoms with Gasteiger partial charge in [0.1, 0.15) is 5.82 Å². The van der Waals surface area contributed by atoms with Crippen molar-refractivity contribution < 1.29 is 51.3 Å². The maximum absolute atomic E-state index is 13.3. The number of benzene rings is 1. The number of carboxylic acids is 2. The van der Waals surface area contributed by atoms with Crippen LogP contribution in [0, 0.1) is 0 Å². The van der Waals surface area contributed by atoms with Gasteiger partial charge >= 0.3 is 24.3 Å².